The summed E-state index contributed by atoms with van der Waals surface area (Å²) in [5, 5.41) is 13.3. The highest BCUT2D eigenvalue weighted by Crippen LogP contribution is 2.27. The first-order valence-corrected chi connectivity index (χ1v) is 7.48. The Morgan fingerprint density at radius 1 is 1.17 bits per heavy atom. The quantitative estimate of drug-likeness (QED) is 0.534. The summed E-state index contributed by atoms with van der Waals surface area (Å²) in [6.07, 6.45) is 1.73. The predicted molar refractivity (Wildman–Crippen MR) is 89.8 cm³/mol. The number of hydrogen-bond donors (Lipinski definition) is 3. The van der Waals surface area contributed by atoms with Crippen molar-refractivity contribution >= 4 is 5.96 Å². The molecular formula is C16H23N5O2. The number of guanidine groups is 1. The number of H-pyrrole nitrogens is 1. The van der Waals surface area contributed by atoms with Gasteiger partial charge in [-0.1, -0.05) is 6.07 Å². The molecule has 124 valence electrons. The maximum atomic E-state index is 5.31. The molecule has 3 N–H and O–H groups in total. The van der Waals surface area contributed by atoms with Gasteiger partial charge < -0.3 is 20.1 Å². The van der Waals surface area contributed by atoms with Crippen LogP contribution in [0.25, 0.3) is 0 Å². The first-order chi connectivity index (χ1) is 11.3. The number of aliphatic imine (C=N–C) groups is 1. The number of rotatable bonds is 7. The summed E-state index contributed by atoms with van der Waals surface area (Å²) in [7, 11) is 3.25. The summed E-state index contributed by atoms with van der Waals surface area (Å²) in [4.78, 5) is 4.58. The van der Waals surface area contributed by atoms with E-state index in [2.05, 4.69) is 25.8 Å². The molecule has 1 heterocycles. The predicted octanol–water partition coefficient (Wildman–Crippen LogP) is 1.68. The molecule has 23 heavy (non-hydrogen) atoms. The third-order valence-corrected chi connectivity index (χ3v) is 3.22. The standard InChI is InChI=1S/C16H23N5O2/c1-4-17-16(19-11-13-7-8-20-21-13)18-10-12-5-6-14(22-2)15(9-12)23-3/h5-9H,4,10-11H2,1-3H3,(H,20,21)(H2,17,18,19). The number of nitrogens with one attached hydrogen (secondary N) is 3. The lowest BCUT2D eigenvalue weighted by Crippen LogP contribution is -2.36. The van der Waals surface area contributed by atoms with Crippen LogP contribution in [-0.4, -0.2) is 36.9 Å². The van der Waals surface area contributed by atoms with E-state index in [1.165, 1.54) is 0 Å². The van der Waals surface area contributed by atoms with Crippen LogP contribution in [-0.2, 0) is 13.1 Å². The molecule has 0 atom stereocenters. The van der Waals surface area contributed by atoms with Crippen LogP contribution < -0.4 is 20.1 Å². The van der Waals surface area contributed by atoms with Gasteiger partial charge in [0.1, 0.15) is 0 Å². The SMILES string of the molecule is CCNC(=NCc1ccc(OC)c(OC)c1)NCc1ccn[nH]1. The van der Waals surface area contributed by atoms with E-state index in [0.717, 1.165) is 23.8 Å². The Labute approximate surface area is 136 Å². The minimum absolute atomic E-state index is 0.540. The fourth-order valence-corrected chi connectivity index (χ4v) is 2.05. The fourth-order valence-electron chi connectivity index (χ4n) is 2.05. The van der Waals surface area contributed by atoms with E-state index in [1.807, 2.05) is 31.2 Å². The zero-order valence-electron chi connectivity index (χ0n) is 13.7. The molecule has 0 bridgehead atoms. The van der Waals surface area contributed by atoms with E-state index < -0.39 is 0 Å². The van der Waals surface area contributed by atoms with E-state index in [0.29, 0.717) is 24.6 Å². The van der Waals surface area contributed by atoms with Crippen molar-refractivity contribution in [2.75, 3.05) is 20.8 Å². The number of ether oxygens (including phenoxy) is 2. The van der Waals surface area contributed by atoms with Gasteiger partial charge in [0, 0.05) is 12.7 Å². The van der Waals surface area contributed by atoms with Crippen molar-refractivity contribution in [3.8, 4) is 11.5 Å². The molecule has 0 saturated heterocycles. The van der Waals surface area contributed by atoms with Gasteiger partial charge in [-0.05, 0) is 30.7 Å². The van der Waals surface area contributed by atoms with Crippen LogP contribution in [0.5, 0.6) is 11.5 Å². The summed E-state index contributed by atoms with van der Waals surface area (Å²) in [5.74, 6) is 2.16. The Balaban J connectivity index is 2.01. The van der Waals surface area contributed by atoms with Gasteiger partial charge in [-0.15, -0.1) is 0 Å². The van der Waals surface area contributed by atoms with Crippen LogP contribution in [0.3, 0.4) is 0 Å². The molecule has 0 fully saturated rings. The first-order valence-electron chi connectivity index (χ1n) is 7.48. The second-order valence-corrected chi connectivity index (χ2v) is 4.82. The van der Waals surface area contributed by atoms with Crippen LogP contribution in [0.15, 0.2) is 35.5 Å². The van der Waals surface area contributed by atoms with Crippen LogP contribution in [0.2, 0.25) is 0 Å². The largest absolute Gasteiger partial charge is 0.493 e. The Bertz CT molecular complexity index is 625. The molecule has 2 aromatic rings. The molecule has 0 aliphatic carbocycles. The van der Waals surface area contributed by atoms with Crippen molar-refractivity contribution in [2.24, 2.45) is 4.99 Å². The highest BCUT2D eigenvalue weighted by Gasteiger charge is 2.05. The monoisotopic (exact) mass is 317 g/mol. The van der Waals surface area contributed by atoms with Crippen LogP contribution in [0, 0.1) is 0 Å². The Hall–Kier alpha value is -2.70. The molecule has 1 aromatic heterocycles. The molecule has 1 aromatic carbocycles. The van der Waals surface area contributed by atoms with E-state index in [-0.39, 0.29) is 0 Å². The molecule has 0 aliphatic heterocycles. The van der Waals surface area contributed by atoms with Crippen molar-refractivity contribution in [1.82, 2.24) is 20.8 Å². The number of methoxy groups -OCH3 is 2. The van der Waals surface area contributed by atoms with E-state index in [1.54, 1.807) is 20.4 Å². The molecule has 7 nitrogen and oxygen atoms in total. The zero-order chi connectivity index (χ0) is 16.5. The number of aromatic amines is 1. The third-order valence-electron chi connectivity index (χ3n) is 3.22. The van der Waals surface area contributed by atoms with Gasteiger partial charge in [0.25, 0.3) is 0 Å². The average Bonchev–Trinajstić information content (AvgIpc) is 3.10. The maximum absolute atomic E-state index is 5.31. The van der Waals surface area contributed by atoms with Gasteiger partial charge in [0.2, 0.25) is 0 Å². The number of hydrogen-bond acceptors (Lipinski definition) is 4. The van der Waals surface area contributed by atoms with Crippen molar-refractivity contribution in [2.45, 2.75) is 20.0 Å². The first kappa shape index (κ1) is 16.7. The van der Waals surface area contributed by atoms with Crippen LogP contribution >= 0.6 is 0 Å². The van der Waals surface area contributed by atoms with E-state index in [9.17, 15) is 0 Å². The number of benzene rings is 1. The van der Waals surface area contributed by atoms with Crippen molar-refractivity contribution < 1.29 is 9.47 Å². The highest BCUT2D eigenvalue weighted by molar-refractivity contribution is 5.79. The average molecular weight is 317 g/mol. The molecule has 2 rings (SSSR count). The summed E-state index contributed by atoms with van der Waals surface area (Å²) in [6.45, 7) is 4.00. The van der Waals surface area contributed by atoms with Gasteiger partial charge in [-0.25, -0.2) is 4.99 Å². The van der Waals surface area contributed by atoms with Gasteiger partial charge in [0.05, 0.1) is 33.0 Å². The lowest BCUT2D eigenvalue weighted by Gasteiger charge is -2.11. The second-order valence-electron chi connectivity index (χ2n) is 4.82. The van der Waals surface area contributed by atoms with Crippen LogP contribution in [0.4, 0.5) is 0 Å². The van der Waals surface area contributed by atoms with Gasteiger partial charge in [0.15, 0.2) is 17.5 Å². The zero-order valence-corrected chi connectivity index (χ0v) is 13.7. The topological polar surface area (TPSA) is 83.6 Å². The summed E-state index contributed by atoms with van der Waals surface area (Å²) >= 11 is 0. The molecule has 0 spiro atoms. The minimum atomic E-state index is 0.540. The Morgan fingerprint density at radius 3 is 2.65 bits per heavy atom. The Morgan fingerprint density at radius 2 is 2.00 bits per heavy atom. The molecule has 0 amide bonds. The normalized spacial score (nSPS) is 11.2. The summed E-state index contributed by atoms with van der Waals surface area (Å²) in [6, 6.07) is 7.71. The molecule has 0 saturated carbocycles. The lowest BCUT2D eigenvalue weighted by atomic mass is 10.2. The Kier molecular flexibility index (Phi) is 6.28. The summed E-state index contributed by atoms with van der Waals surface area (Å²) in [5.41, 5.74) is 2.04. The lowest BCUT2D eigenvalue weighted by molar-refractivity contribution is 0.354. The van der Waals surface area contributed by atoms with E-state index in [4.69, 9.17) is 9.47 Å². The molecular weight excluding hydrogens is 294 g/mol. The van der Waals surface area contributed by atoms with Gasteiger partial charge >= 0.3 is 0 Å². The van der Waals surface area contributed by atoms with Crippen LogP contribution in [0.1, 0.15) is 18.2 Å². The molecule has 0 radical (unpaired) electrons. The minimum Gasteiger partial charge on any atom is -0.493 e. The molecule has 0 aliphatic rings. The van der Waals surface area contributed by atoms with Gasteiger partial charge in [-0.3, -0.25) is 5.10 Å². The van der Waals surface area contributed by atoms with Crippen molar-refractivity contribution in [3.63, 3.8) is 0 Å². The highest BCUT2D eigenvalue weighted by atomic mass is 16.5. The smallest absolute Gasteiger partial charge is 0.191 e. The fraction of sp³-hybridized carbons (Fsp3) is 0.375. The number of nitrogens with zero attached hydrogens (tertiary/aromatic N) is 2. The summed E-state index contributed by atoms with van der Waals surface area (Å²) < 4.78 is 10.6. The van der Waals surface area contributed by atoms with E-state index >= 15 is 0 Å². The number of aromatic nitrogens is 2. The second kappa shape index (κ2) is 8.67. The van der Waals surface area contributed by atoms with Crippen molar-refractivity contribution in [1.29, 1.82) is 0 Å². The third kappa shape index (κ3) is 4.91. The van der Waals surface area contributed by atoms with Crippen molar-refractivity contribution in [3.05, 3.63) is 41.7 Å². The molecule has 0 unspecified atom stereocenters. The van der Waals surface area contributed by atoms with Gasteiger partial charge in [-0.2, -0.15) is 5.10 Å². The maximum Gasteiger partial charge on any atom is 0.191 e. The molecule has 7 heteroatoms.